The second-order valence-corrected chi connectivity index (χ2v) is 10.9. The predicted octanol–water partition coefficient (Wildman–Crippen LogP) is 9.58. The van der Waals surface area contributed by atoms with Crippen LogP contribution in [0, 0.1) is 6.92 Å². The Morgan fingerprint density at radius 2 is 0.711 bits per heavy atom. The molecule has 0 fully saturated rings. The fourth-order valence-electron chi connectivity index (χ4n) is 5.81. The monoisotopic (exact) mass is 584 g/mol. The van der Waals surface area contributed by atoms with Crippen molar-refractivity contribution >= 4 is 25.1 Å². The van der Waals surface area contributed by atoms with Crippen LogP contribution in [0.3, 0.4) is 0 Å². The van der Waals surface area contributed by atoms with E-state index in [0.29, 0.717) is 22.3 Å². The molecule has 0 saturated carbocycles. The maximum absolute atomic E-state index is 11.6. The van der Waals surface area contributed by atoms with Gasteiger partial charge in [0.15, 0.2) is 0 Å². The van der Waals surface area contributed by atoms with E-state index < -0.39 is 0 Å². The lowest BCUT2D eigenvalue weighted by Gasteiger charge is -2.25. The number of aldehydes is 4. The zero-order chi connectivity index (χ0) is 31.3. The molecule has 0 N–H and O–H groups in total. The molecule has 0 radical (unpaired) electrons. The van der Waals surface area contributed by atoms with Crippen LogP contribution in [0.25, 0.3) is 55.6 Å². The molecule has 0 amide bonds. The zero-order valence-corrected chi connectivity index (χ0v) is 24.6. The van der Waals surface area contributed by atoms with Crippen molar-refractivity contribution in [1.29, 1.82) is 0 Å². The summed E-state index contributed by atoms with van der Waals surface area (Å²) < 4.78 is 0. The fourth-order valence-corrected chi connectivity index (χ4v) is 5.81. The highest BCUT2D eigenvalue weighted by molar-refractivity contribution is 6.08. The molecule has 0 unspecified atom stereocenters. The average molecular weight is 585 g/mol. The van der Waals surface area contributed by atoms with Crippen molar-refractivity contribution in [2.24, 2.45) is 0 Å². The Labute approximate surface area is 261 Å². The van der Waals surface area contributed by atoms with Crippen molar-refractivity contribution in [2.75, 3.05) is 0 Å². The van der Waals surface area contributed by atoms with Gasteiger partial charge in [0.2, 0.25) is 0 Å². The van der Waals surface area contributed by atoms with Crippen LogP contribution in [-0.2, 0) is 0 Å². The predicted molar refractivity (Wildman–Crippen MR) is 180 cm³/mol. The van der Waals surface area contributed by atoms with Gasteiger partial charge < -0.3 is 0 Å². The molecule has 0 heterocycles. The molecule has 0 aliphatic carbocycles. The van der Waals surface area contributed by atoms with E-state index in [9.17, 15) is 19.2 Å². The van der Waals surface area contributed by atoms with E-state index in [4.69, 9.17) is 0 Å². The molecule has 4 heteroatoms. The molecule has 6 aromatic rings. The minimum absolute atomic E-state index is 0.562. The summed E-state index contributed by atoms with van der Waals surface area (Å²) in [7, 11) is 0. The largest absolute Gasteiger partial charge is 0.298 e. The summed E-state index contributed by atoms with van der Waals surface area (Å²) in [6, 6.07) is 40.5. The van der Waals surface area contributed by atoms with Gasteiger partial charge in [0, 0.05) is 22.3 Å². The first-order chi connectivity index (χ1) is 22.0. The van der Waals surface area contributed by atoms with E-state index in [1.54, 1.807) is 36.4 Å². The van der Waals surface area contributed by atoms with Gasteiger partial charge in [-0.3, -0.25) is 19.2 Å². The van der Waals surface area contributed by atoms with Gasteiger partial charge in [-0.15, -0.1) is 0 Å². The Hall–Kier alpha value is -6.00. The zero-order valence-electron chi connectivity index (χ0n) is 24.6. The van der Waals surface area contributed by atoms with E-state index in [2.05, 4.69) is 25.1 Å². The number of hydrogen-bond acceptors (Lipinski definition) is 4. The second kappa shape index (κ2) is 12.7. The Morgan fingerprint density at radius 3 is 1.11 bits per heavy atom. The number of carbonyl (C=O) groups excluding carboxylic acids is 4. The molecule has 45 heavy (non-hydrogen) atoms. The van der Waals surface area contributed by atoms with E-state index in [-0.39, 0.29) is 0 Å². The highest BCUT2D eigenvalue weighted by atomic mass is 16.1. The summed E-state index contributed by atoms with van der Waals surface area (Å²) in [5.41, 5.74) is 12.8. The molecule has 0 bridgehead atoms. The van der Waals surface area contributed by atoms with Gasteiger partial charge >= 0.3 is 0 Å². The molecule has 216 valence electrons. The second-order valence-electron chi connectivity index (χ2n) is 10.9. The van der Waals surface area contributed by atoms with Crippen LogP contribution < -0.4 is 0 Å². The Morgan fingerprint density at radius 1 is 0.356 bits per heavy atom. The maximum atomic E-state index is 11.6. The van der Waals surface area contributed by atoms with Gasteiger partial charge in [-0.25, -0.2) is 0 Å². The summed E-state index contributed by atoms with van der Waals surface area (Å²) in [4.78, 5) is 46.4. The van der Waals surface area contributed by atoms with Gasteiger partial charge in [0.1, 0.15) is 25.1 Å². The van der Waals surface area contributed by atoms with Crippen LogP contribution in [0.1, 0.15) is 47.0 Å². The van der Waals surface area contributed by atoms with Crippen LogP contribution in [0.4, 0.5) is 0 Å². The number of rotatable bonds is 9. The van der Waals surface area contributed by atoms with Crippen molar-refractivity contribution in [3.8, 4) is 55.6 Å². The van der Waals surface area contributed by atoms with Gasteiger partial charge in [-0.05, 0) is 74.2 Å². The van der Waals surface area contributed by atoms with Crippen LogP contribution in [-0.4, -0.2) is 25.1 Å². The Kier molecular flexibility index (Phi) is 8.21. The third kappa shape index (κ3) is 5.69. The first kappa shape index (κ1) is 29.1. The Balaban J connectivity index is 1.83. The molecule has 0 saturated heterocycles. The van der Waals surface area contributed by atoms with Gasteiger partial charge in [0.05, 0.1) is 0 Å². The smallest absolute Gasteiger partial charge is 0.150 e. The molecule has 0 spiro atoms. The summed E-state index contributed by atoms with van der Waals surface area (Å²) in [5, 5.41) is 0. The lowest BCUT2D eigenvalue weighted by molar-refractivity contribution is 0.111. The molecule has 6 aromatic carbocycles. The highest BCUT2D eigenvalue weighted by Crippen LogP contribution is 2.50. The third-order valence-electron chi connectivity index (χ3n) is 8.13. The first-order valence-corrected chi connectivity index (χ1v) is 14.5. The summed E-state index contributed by atoms with van der Waals surface area (Å²) >= 11 is 0. The summed E-state index contributed by atoms with van der Waals surface area (Å²) in [5.74, 6) is 0. The fraction of sp³-hybridized carbons (Fsp3) is 0.0244. The summed E-state index contributed by atoms with van der Waals surface area (Å²) in [6.45, 7) is 2.08. The van der Waals surface area contributed by atoms with Gasteiger partial charge in [0.25, 0.3) is 0 Å². The molecule has 6 rings (SSSR count). The van der Waals surface area contributed by atoms with Gasteiger partial charge in [-0.1, -0.05) is 121 Å². The third-order valence-corrected chi connectivity index (χ3v) is 8.13. The topological polar surface area (TPSA) is 68.3 Å². The van der Waals surface area contributed by atoms with Crippen molar-refractivity contribution in [2.45, 2.75) is 6.92 Å². The maximum Gasteiger partial charge on any atom is 0.150 e. The Bertz CT molecular complexity index is 2040. The minimum Gasteiger partial charge on any atom is -0.298 e. The SMILES string of the molecule is Cc1ccccc1-c1cc(-c2ccc(C=O)cc2)c(-c2ccc(C=O)cc2)c(-c2ccc(C=O)cc2)c1-c1ccc(C=O)cc1. The van der Waals surface area contributed by atoms with Crippen LogP contribution in [0.2, 0.25) is 0 Å². The van der Waals surface area contributed by atoms with Crippen molar-refractivity contribution < 1.29 is 19.2 Å². The number of carbonyl (C=O) groups is 4. The minimum atomic E-state index is 0.562. The molecule has 0 aliphatic heterocycles. The summed E-state index contributed by atoms with van der Waals surface area (Å²) in [6.07, 6.45) is 3.31. The first-order valence-electron chi connectivity index (χ1n) is 14.5. The normalized spacial score (nSPS) is 10.7. The van der Waals surface area contributed by atoms with E-state index in [1.165, 1.54) is 0 Å². The van der Waals surface area contributed by atoms with Crippen LogP contribution >= 0.6 is 0 Å². The van der Waals surface area contributed by atoms with Crippen molar-refractivity contribution in [3.05, 3.63) is 155 Å². The van der Waals surface area contributed by atoms with E-state index in [1.807, 2.05) is 72.8 Å². The quantitative estimate of drug-likeness (QED) is 0.159. The van der Waals surface area contributed by atoms with Gasteiger partial charge in [-0.2, -0.15) is 0 Å². The lowest BCUT2D eigenvalue weighted by Crippen LogP contribution is -1.99. The molecule has 4 nitrogen and oxygen atoms in total. The molecular formula is C41H28O4. The van der Waals surface area contributed by atoms with E-state index in [0.717, 1.165) is 86.3 Å². The molecule has 0 aliphatic rings. The number of hydrogen-bond donors (Lipinski definition) is 0. The molecule has 0 aromatic heterocycles. The standard InChI is InChI=1S/C41H28O4/c1-27-4-2-3-5-36(27)38-22-37(32-14-6-28(23-42)7-15-32)39(33-16-8-29(24-43)9-17-33)41(35-20-12-31(26-45)13-21-35)40(38)34-18-10-30(25-44)11-19-34/h2-26H,1H3. The van der Waals surface area contributed by atoms with E-state index >= 15 is 0 Å². The highest BCUT2D eigenvalue weighted by Gasteiger charge is 2.24. The number of aryl methyl sites for hydroxylation is 1. The van der Waals surface area contributed by atoms with Crippen LogP contribution in [0.5, 0.6) is 0 Å². The number of benzene rings is 6. The van der Waals surface area contributed by atoms with Crippen molar-refractivity contribution in [3.63, 3.8) is 0 Å². The van der Waals surface area contributed by atoms with Crippen LogP contribution in [0.15, 0.2) is 127 Å². The molecule has 0 atom stereocenters. The van der Waals surface area contributed by atoms with Crippen molar-refractivity contribution in [1.82, 2.24) is 0 Å². The average Bonchev–Trinajstić information content (AvgIpc) is 3.11. The molecular weight excluding hydrogens is 556 g/mol. The lowest BCUT2D eigenvalue weighted by atomic mass is 9.78.